The van der Waals surface area contributed by atoms with Crippen LogP contribution in [0.1, 0.15) is 19.8 Å². The molecule has 0 aromatic rings. The third kappa shape index (κ3) is 1.24. The van der Waals surface area contributed by atoms with Crippen molar-refractivity contribution < 1.29 is 9.64 Å². The standard InChI is InChI=1S/C10H17NOS/c1-8-12-10(7-13-8)6-11-4-2-9(10)3-5-11/h8-9H,2-7H2,1H3/p+1/t8-,10-/m1/s1. The third-order valence-electron chi connectivity index (χ3n) is 3.95. The normalized spacial score (nSPS) is 54.7. The van der Waals surface area contributed by atoms with E-state index in [2.05, 4.69) is 6.92 Å². The second-order valence-electron chi connectivity index (χ2n) is 4.76. The summed E-state index contributed by atoms with van der Waals surface area (Å²) in [4.78, 5) is 1.79. The average Bonchev–Trinajstić information content (AvgIpc) is 2.49. The summed E-state index contributed by atoms with van der Waals surface area (Å²) in [5.74, 6) is 2.13. The summed E-state index contributed by atoms with van der Waals surface area (Å²) in [6.07, 6.45) is 2.81. The zero-order chi connectivity index (χ0) is 8.89. The summed E-state index contributed by atoms with van der Waals surface area (Å²) in [6.45, 7) is 6.28. The Morgan fingerprint density at radius 3 is 2.62 bits per heavy atom. The molecule has 2 nitrogen and oxygen atoms in total. The molecule has 4 aliphatic rings. The molecule has 0 saturated carbocycles. The van der Waals surface area contributed by atoms with Gasteiger partial charge in [-0.1, -0.05) is 0 Å². The van der Waals surface area contributed by atoms with Gasteiger partial charge in [-0.2, -0.15) is 0 Å². The van der Waals surface area contributed by atoms with Crippen molar-refractivity contribution in [1.82, 2.24) is 0 Å². The summed E-state index contributed by atoms with van der Waals surface area (Å²) < 4.78 is 6.17. The molecule has 1 N–H and O–H groups in total. The Balaban J connectivity index is 1.83. The van der Waals surface area contributed by atoms with Gasteiger partial charge in [-0.15, -0.1) is 11.8 Å². The van der Waals surface area contributed by atoms with Crippen LogP contribution in [-0.4, -0.2) is 36.4 Å². The molecular formula is C10H18NOS+. The van der Waals surface area contributed by atoms with Gasteiger partial charge >= 0.3 is 0 Å². The van der Waals surface area contributed by atoms with Gasteiger partial charge < -0.3 is 9.64 Å². The second-order valence-corrected chi connectivity index (χ2v) is 6.05. The first-order valence-electron chi connectivity index (χ1n) is 5.41. The smallest absolute Gasteiger partial charge is 0.131 e. The van der Waals surface area contributed by atoms with Gasteiger partial charge in [-0.05, 0) is 6.92 Å². The highest BCUT2D eigenvalue weighted by atomic mass is 32.2. The predicted molar refractivity (Wildman–Crippen MR) is 54.0 cm³/mol. The number of thioether (sulfide) groups is 1. The van der Waals surface area contributed by atoms with Crippen LogP contribution in [0, 0.1) is 5.92 Å². The van der Waals surface area contributed by atoms with E-state index in [0.29, 0.717) is 5.44 Å². The monoisotopic (exact) mass is 200 g/mol. The Hall–Kier alpha value is 0.270. The lowest BCUT2D eigenvalue weighted by molar-refractivity contribution is -0.925. The minimum atomic E-state index is 0.288. The maximum Gasteiger partial charge on any atom is 0.131 e. The van der Waals surface area contributed by atoms with Crippen LogP contribution >= 0.6 is 11.8 Å². The van der Waals surface area contributed by atoms with Crippen molar-refractivity contribution in [2.24, 2.45) is 5.92 Å². The first-order valence-corrected chi connectivity index (χ1v) is 6.46. The molecule has 0 aliphatic carbocycles. The molecule has 2 bridgehead atoms. The van der Waals surface area contributed by atoms with Gasteiger partial charge in [0.05, 0.1) is 13.1 Å². The van der Waals surface area contributed by atoms with Crippen LogP contribution in [-0.2, 0) is 4.74 Å². The molecule has 1 spiro atoms. The van der Waals surface area contributed by atoms with Gasteiger partial charge in [0.1, 0.15) is 17.6 Å². The number of fused-ring (bicyclic) bond motifs is 2. The van der Waals surface area contributed by atoms with Gasteiger partial charge in [-0.3, -0.25) is 0 Å². The minimum absolute atomic E-state index is 0.288. The predicted octanol–water partition coefficient (Wildman–Crippen LogP) is 0.143. The van der Waals surface area contributed by atoms with Crippen molar-refractivity contribution >= 4 is 11.8 Å². The molecule has 3 heteroatoms. The molecule has 0 amide bonds. The number of ether oxygens (including phenoxy) is 1. The summed E-state index contributed by atoms with van der Waals surface area (Å²) >= 11 is 2.01. The van der Waals surface area contributed by atoms with E-state index >= 15 is 0 Å². The fourth-order valence-electron chi connectivity index (χ4n) is 3.26. The van der Waals surface area contributed by atoms with Crippen molar-refractivity contribution in [3.8, 4) is 0 Å². The number of nitrogens with one attached hydrogen (secondary N) is 1. The topological polar surface area (TPSA) is 13.7 Å². The molecule has 4 saturated heterocycles. The Labute approximate surface area is 84.0 Å². The van der Waals surface area contributed by atoms with E-state index in [0.717, 1.165) is 5.92 Å². The summed E-state index contributed by atoms with van der Waals surface area (Å²) in [5, 5.41) is 0. The number of rotatable bonds is 0. The zero-order valence-electron chi connectivity index (χ0n) is 8.21. The Kier molecular flexibility index (Phi) is 1.90. The van der Waals surface area contributed by atoms with E-state index in [4.69, 9.17) is 4.74 Å². The molecule has 0 radical (unpaired) electrons. The van der Waals surface area contributed by atoms with Crippen molar-refractivity contribution in [2.75, 3.05) is 25.4 Å². The van der Waals surface area contributed by atoms with Crippen molar-refractivity contribution in [1.29, 1.82) is 0 Å². The van der Waals surface area contributed by atoms with Crippen LogP contribution in [0.25, 0.3) is 0 Å². The van der Waals surface area contributed by atoms with Crippen LogP contribution in [0.15, 0.2) is 0 Å². The molecule has 74 valence electrons. The Morgan fingerprint density at radius 2 is 2.15 bits per heavy atom. The van der Waals surface area contributed by atoms with Crippen molar-refractivity contribution in [3.05, 3.63) is 0 Å². The zero-order valence-corrected chi connectivity index (χ0v) is 9.03. The highest BCUT2D eigenvalue weighted by Gasteiger charge is 2.54. The van der Waals surface area contributed by atoms with E-state index in [9.17, 15) is 0 Å². The van der Waals surface area contributed by atoms with Crippen molar-refractivity contribution in [2.45, 2.75) is 30.8 Å². The van der Waals surface area contributed by atoms with E-state index in [-0.39, 0.29) is 5.60 Å². The van der Waals surface area contributed by atoms with Crippen LogP contribution in [0.5, 0.6) is 0 Å². The first-order chi connectivity index (χ1) is 6.28. The largest absolute Gasteiger partial charge is 0.354 e. The van der Waals surface area contributed by atoms with Crippen LogP contribution in [0.4, 0.5) is 0 Å². The second kappa shape index (κ2) is 2.88. The van der Waals surface area contributed by atoms with Crippen LogP contribution in [0.3, 0.4) is 0 Å². The fourth-order valence-corrected chi connectivity index (χ4v) is 4.44. The molecule has 13 heavy (non-hydrogen) atoms. The summed E-state index contributed by atoms with van der Waals surface area (Å²) in [7, 11) is 0. The van der Waals surface area contributed by atoms with Crippen LogP contribution in [0.2, 0.25) is 0 Å². The number of hydrogen-bond acceptors (Lipinski definition) is 2. The SMILES string of the molecule is C[C@@H]1O[C@@]2(CS1)C[NH+]1CCC2CC1. The number of hydrogen-bond donors (Lipinski definition) is 1. The molecule has 4 heterocycles. The fraction of sp³-hybridized carbons (Fsp3) is 1.00. The molecule has 4 fully saturated rings. The minimum Gasteiger partial charge on any atom is -0.354 e. The van der Waals surface area contributed by atoms with E-state index < -0.39 is 0 Å². The molecule has 4 aliphatic heterocycles. The first kappa shape index (κ1) is 8.57. The number of quaternary nitrogens is 1. The highest BCUT2D eigenvalue weighted by molar-refractivity contribution is 8.00. The summed E-state index contributed by atoms with van der Waals surface area (Å²) in [5.41, 5.74) is 0.732. The van der Waals surface area contributed by atoms with Crippen molar-refractivity contribution in [3.63, 3.8) is 0 Å². The lowest BCUT2D eigenvalue weighted by Gasteiger charge is -2.47. The Morgan fingerprint density at radius 1 is 1.38 bits per heavy atom. The maximum absolute atomic E-state index is 6.17. The van der Waals surface area contributed by atoms with Gasteiger partial charge in [0, 0.05) is 24.5 Å². The summed E-state index contributed by atoms with van der Waals surface area (Å²) in [6, 6.07) is 0. The average molecular weight is 200 g/mol. The van der Waals surface area contributed by atoms with E-state index in [1.807, 2.05) is 11.8 Å². The van der Waals surface area contributed by atoms with E-state index in [1.165, 1.54) is 38.2 Å². The van der Waals surface area contributed by atoms with E-state index in [1.54, 1.807) is 4.90 Å². The lowest BCUT2D eigenvalue weighted by Crippen LogP contribution is -3.17. The van der Waals surface area contributed by atoms with Gasteiger partial charge in [-0.25, -0.2) is 0 Å². The van der Waals surface area contributed by atoms with Gasteiger partial charge in [0.25, 0.3) is 0 Å². The molecule has 2 atom stereocenters. The quantitative estimate of drug-likeness (QED) is 0.598. The van der Waals surface area contributed by atoms with Gasteiger partial charge in [0.15, 0.2) is 0 Å². The highest BCUT2D eigenvalue weighted by Crippen LogP contribution is 2.42. The lowest BCUT2D eigenvalue weighted by atomic mass is 9.76. The van der Waals surface area contributed by atoms with Gasteiger partial charge in [0.2, 0.25) is 0 Å². The molecule has 0 aromatic carbocycles. The molecular weight excluding hydrogens is 182 g/mol. The number of piperidine rings is 3. The third-order valence-corrected chi connectivity index (χ3v) is 5.17. The molecule has 0 unspecified atom stereocenters. The maximum atomic E-state index is 6.17. The molecule has 4 rings (SSSR count). The molecule has 0 aromatic heterocycles. The Bertz CT molecular complexity index is 215. The van der Waals surface area contributed by atoms with Crippen LogP contribution < -0.4 is 4.90 Å².